The maximum atomic E-state index is 12.2. The molecule has 2 aromatic rings. The van der Waals surface area contributed by atoms with Crippen molar-refractivity contribution in [3.05, 3.63) is 59.5 Å². The average Bonchev–Trinajstić information content (AvgIpc) is 3.25. The molecule has 0 saturated carbocycles. The van der Waals surface area contributed by atoms with Gasteiger partial charge in [0.1, 0.15) is 5.76 Å². The van der Waals surface area contributed by atoms with Gasteiger partial charge in [-0.3, -0.25) is 9.59 Å². The lowest BCUT2D eigenvalue weighted by Crippen LogP contribution is -2.27. The number of furan rings is 1. The van der Waals surface area contributed by atoms with Gasteiger partial charge >= 0.3 is 0 Å². The van der Waals surface area contributed by atoms with E-state index < -0.39 is 0 Å². The number of nitrogens with one attached hydrogen (secondary N) is 1. The van der Waals surface area contributed by atoms with Gasteiger partial charge in [-0.25, -0.2) is 0 Å². The summed E-state index contributed by atoms with van der Waals surface area (Å²) >= 11 is 0. The number of carbonyl (C=O) groups is 2. The summed E-state index contributed by atoms with van der Waals surface area (Å²) in [4.78, 5) is 26.1. The minimum absolute atomic E-state index is 0.0417. The van der Waals surface area contributed by atoms with E-state index in [-0.39, 0.29) is 11.8 Å². The van der Waals surface area contributed by atoms with Crippen molar-refractivity contribution in [1.29, 1.82) is 0 Å². The van der Waals surface area contributed by atoms with Crippen molar-refractivity contribution < 1.29 is 14.0 Å². The van der Waals surface area contributed by atoms with E-state index in [1.807, 2.05) is 4.90 Å². The Morgan fingerprint density at radius 2 is 1.73 bits per heavy atom. The molecule has 114 valence electrons. The zero-order valence-electron chi connectivity index (χ0n) is 12.2. The molecule has 0 radical (unpaired) electrons. The number of benzene rings is 1. The first-order valence-electron chi connectivity index (χ1n) is 7.44. The van der Waals surface area contributed by atoms with Crippen molar-refractivity contribution in [3.63, 3.8) is 0 Å². The van der Waals surface area contributed by atoms with Gasteiger partial charge in [0.2, 0.25) is 0 Å². The van der Waals surface area contributed by atoms with Gasteiger partial charge in [0.25, 0.3) is 11.8 Å². The summed E-state index contributed by atoms with van der Waals surface area (Å²) in [6, 6.07) is 10.4. The molecule has 1 fully saturated rings. The maximum Gasteiger partial charge on any atom is 0.253 e. The molecule has 1 aliphatic rings. The molecule has 0 spiro atoms. The number of likely N-dealkylation sites (tertiary alicyclic amines) is 1. The molecule has 5 nitrogen and oxygen atoms in total. The van der Waals surface area contributed by atoms with Crippen molar-refractivity contribution in [2.24, 2.45) is 0 Å². The lowest BCUT2D eigenvalue weighted by atomic mass is 10.1. The molecule has 0 unspecified atom stereocenters. The molecule has 1 saturated heterocycles. The monoisotopic (exact) mass is 298 g/mol. The Balaban J connectivity index is 1.60. The molecule has 1 aliphatic heterocycles. The van der Waals surface area contributed by atoms with Gasteiger partial charge in [0.15, 0.2) is 0 Å². The highest BCUT2D eigenvalue weighted by molar-refractivity contribution is 5.97. The molecule has 3 rings (SSSR count). The summed E-state index contributed by atoms with van der Waals surface area (Å²) in [6.07, 6.45) is 3.71. The molecular weight excluding hydrogens is 280 g/mol. The van der Waals surface area contributed by atoms with E-state index in [1.165, 1.54) is 0 Å². The standard InChI is InChI=1S/C17H18N2O3/c20-16(18-12-15-4-3-11-22-15)13-5-7-14(8-6-13)17(21)19-9-1-2-10-19/h3-8,11H,1-2,9-10,12H2,(H,18,20). The van der Waals surface area contributed by atoms with Crippen molar-refractivity contribution in [2.45, 2.75) is 19.4 Å². The fourth-order valence-electron chi connectivity index (χ4n) is 2.55. The van der Waals surface area contributed by atoms with Crippen LogP contribution >= 0.6 is 0 Å². The van der Waals surface area contributed by atoms with Crippen LogP contribution in [-0.4, -0.2) is 29.8 Å². The zero-order chi connectivity index (χ0) is 15.4. The number of hydrogen-bond acceptors (Lipinski definition) is 3. The second-order valence-electron chi connectivity index (χ2n) is 5.34. The molecule has 1 aromatic carbocycles. The highest BCUT2D eigenvalue weighted by Gasteiger charge is 2.19. The third-order valence-corrected chi connectivity index (χ3v) is 3.79. The predicted octanol–water partition coefficient (Wildman–Crippen LogP) is 2.45. The highest BCUT2D eigenvalue weighted by atomic mass is 16.3. The van der Waals surface area contributed by atoms with Crippen LogP contribution in [0.15, 0.2) is 47.1 Å². The second kappa shape index (κ2) is 6.47. The van der Waals surface area contributed by atoms with Gasteiger partial charge in [0, 0.05) is 24.2 Å². The number of rotatable bonds is 4. The van der Waals surface area contributed by atoms with Crippen LogP contribution in [0.5, 0.6) is 0 Å². The van der Waals surface area contributed by atoms with Crippen LogP contribution in [0, 0.1) is 0 Å². The molecule has 2 heterocycles. The van der Waals surface area contributed by atoms with Crippen molar-refractivity contribution >= 4 is 11.8 Å². The molecule has 0 aliphatic carbocycles. The van der Waals surface area contributed by atoms with E-state index in [9.17, 15) is 9.59 Å². The number of amides is 2. The molecule has 22 heavy (non-hydrogen) atoms. The van der Waals surface area contributed by atoms with E-state index in [4.69, 9.17) is 4.42 Å². The van der Waals surface area contributed by atoms with Gasteiger partial charge in [-0.1, -0.05) is 0 Å². The van der Waals surface area contributed by atoms with E-state index in [0.29, 0.717) is 23.4 Å². The SMILES string of the molecule is O=C(NCc1ccco1)c1ccc(C(=O)N2CCCC2)cc1. The summed E-state index contributed by atoms with van der Waals surface area (Å²) < 4.78 is 5.16. The summed E-state index contributed by atoms with van der Waals surface area (Å²) in [5.74, 6) is 0.561. The van der Waals surface area contributed by atoms with Gasteiger partial charge in [-0.05, 0) is 49.2 Å². The Kier molecular flexibility index (Phi) is 4.23. The first kappa shape index (κ1) is 14.4. The van der Waals surface area contributed by atoms with Gasteiger partial charge in [-0.15, -0.1) is 0 Å². The fraction of sp³-hybridized carbons (Fsp3) is 0.294. The van der Waals surface area contributed by atoms with Gasteiger partial charge in [0.05, 0.1) is 12.8 Å². The Bertz CT molecular complexity index is 641. The van der Waals surface area contributed by atoms with Crippen molar-refractivity contribution in [1.82, 2.24) is 10.2 Å². The number of nitrogens with zero attached hydrogens (tertiary/aromatic N) is 1. The minimum atomic E-state index is -0.184. The fourth-order valence-corrected chi connectivity index (χ4v) is 2.55. The normalized spacial score (nSPS) is 14.1. The van der Waals surface area contributed by atoms with Crippen LogP contribution in [0.25, 0.3) is 0 Å². The van der Waals surface area contributed by atoms with Crippen LogP contribution in [0.4, 0.5) is 0 Å². The molecule has 1 aromatic heterocycles. The lowest BCUT2D eigenvalue weighted by Gasteiger charge is -2.15. The van der Waals surface area contributed by atoms with Crippen molar-refractivity contribution in [3.8, 4) is 0 Å². The average molecular weight is 298 g/mol. The van der Waals surface area contributed by atoms with Gasteiger partial charge in [-0.2, -0.15) is 0 Å². The second-order valence-corrected chi connectivity index (χ2v) is 5.34. The minimum Gasteiger partial charge on any atom is -0.467 e. The van der Waals surface area contributed by atoms with Crippen LogP contribution in [0.2, 0.25) is 0 Å². The summed E-state index contributed by atoms with van der Waals surface area (Å²) in [6.45, 7) is 1.99. The molecule has 5 heteroatoms. The first-order valence-corrected chi connectivity index (χ1v) is 7.44. The smallest absolute Gasteiger partial charge is 0.253 e. The lowest BCUT2D eigenvalue weighted by molar-refractivity contribution is 0.0792. The highest BCUT2D eigenvalue weighted by Crippen LogP contribution is 2.13. The summed E-state index contributed by atoms with van der Waals surface area (Å²) in [7, 11) is 0. The Labute approximate surface area is 128 Å². The summed E-state index contributed by atoms with van der Waals surface area (Å²) in [5.41, 5.74) is 1.16. The predicted molar refractivity (Wildman–Crippen MR) is 81.5 cm³/mol. The maximum absolute atomic E-state index is 12.2. The number of hydrogen-bond donors (Lipinski definition) is 1. The molecule has 2 amide bonds. The molecule has 0 bridgehead atoms. The third-order valence-electron chi connectivity index (χ3n) is 3.79. The van der Waals surface area contributed by atoms with Crippen LogP contribution in [-0.2, 0) is 6.54 Å². The quantitative estimate of drug-likeness (QED) is 0.943. The van der Waals surface area contributed by atoms with E-state index in [1.54, 1.807) is 42.7 Å². The van der Waals surface area contributed by atoms with E-state index in [2.05, 4.69) is 5.32 Å². The van der Waals surface area contributed by atoms with Crippen LogP contribution < -0.4 is 5.32 Å². The molecule has 1 N–H and O–H groups in total. The topological polar surface area (TPSA) is 62.6 Å². The zero-order valence-corrected chi connectivity index (χ0v) is 12.2. The third kappa shape index (κ3) is 3.19. The number of carbonyl (C=O) groups excluding carboxylic acids is 2. The van der Waals surface area contributed by atoms with Crippen molar-refractivity contribution in [2.75, 3.05) is 13.1 Å². The summed E-state index contributed by atoms with van der Waals surface area (Å²) in [5, 5.41) is 2.78. The largest absolute Gasteiger partial charge is 0.467 e. The molecular formula is C17H18N2O3. The Morgan fingerprint density at radius 3 is 2.36 bits per heavy atom. The van der Waals surface area contributed by atoms with E-state index in [0.717, 1.165) is 25.9 Å². The van der Waals surface area contributed by atoms with E-state index >= 15 is 0 Å². The van der Waals surface area contributed by atoms with Crippen LogP contribution in [0.1, 0.15) is 39.3 Å². The van der Waals surface area contributed by atoms with Crippen LogP contribution in [0.3, 0.4) is 0 Å². The Morgan fingerprint density at radius 1 is 1.05 bits per heavy atom. The Hall–Kier alpha value is -2.56. The molecule has 0 atom stereocenters. The van der Waals surface area contributed by atoms with Gasteiger partial charge < -0.3 is 14.6 Å². The first-order chi connectivity index (χ1) is 10.7.